The fraction of sp³-hybridized carbons (Fsp3) is 0.333. The number of H-pyrrole nitrogens is 1. The zero-order chi connectivity index (χ0) is 17.4. The zero-order valence-electron chi connectivity index (χ0n) is 14.0. The van der Waals surface area contributed by atoms with Gasteiger partial charge in [-0.15, -0.1) is 0 Å². The molecular formula is C18H19N5O2. The van der Waals surface area contributed by atoms with E-state index in [1.807, 2.05) is 31.2 Å². The fourth-order valence-electron chi connectivity index (χ4n) is 3.45. The first-order chi connectivity index (χ1) is 12.1. The lowest BCUT2D eigenvalue weighted by molar-refractivity contribution is -0.123. The molecule has 7 nitrogen and oxygen atoms in total. The van der Waals surface area contributed by atoms with Crippen LogP contribution in [0.3, 0.4) is 0 Å². The molecule has 0 spiro atoms. The van der Waals surface area contributed by atoms with Crippen molar-refractivity contribution >= 4 is 34.7 Å². The Morgan fingerprint density at radius 3 is 3.04 bits per heavy atom. The molecule has 2 aliphatic rings. The van der Waals surface area contributed by atoms with E-state index in [1.54, 1.807) is 11.0 Å². The Morgan fingerprint density at radius 1 is 1.40 bits per heavy atom. The number of anilines is 2. The Labute approximate surface area is 145 Å². The average Bonchev–Trinajstić information content (AvgIpc) is 3.19. The maximum atomic E-state index is 13.0. The van der Waals surface area contributed by atoms with Gasteiger partial charge in [0.25, 0.3) is 0 Å². The maximum absolute atomic E-state index is 13.0. The van der Waals surface area contributed by atoms with Crippen LogP contribution in [0, 0.1) is 12.8 Å². The Morgan fingerprint density at radius 2 is 2.24 bits per heavy atom. The third kappa shape index (κ3) is 2.93. The molecule has 0 saturated heterocycles. The van der Waals surface area contributed by atoms with Crippen LogP contribution >= 0.6 is 0 Å². The minimum atomic E-state index is -0.281. The van der Waals surface area contributed by atoms with E-state index in [2.05, 4.69) is 15.5 Å². The number of amides is 2. The van der Waals surface area contributed by atoms with Crippen LogP contribution in [-0.4, -0.2) is 34.3 Å². The molecule has 1 unspecified atom stereocenters. The van der Waals surface area contributed by atoms with Gasteiger partial charge in [-0.25, -0.2) is 0 Å². The summed E-state index contributed by atoms with van der Waals surface area (Å²) in [5.41, 5.74) is 3.22. The summed E-state index contributed by atoms with van der Waals surface area (Å²) in [5.74, 6) is -0.0886. The summed E-state index contributed by atoms with van der Waals surface area (Å²) in [4.78, 5) is 31.7. The van der Waals surface area contributed by atoms with Crippen molar-refractivity contribution in [1.29, 1.82) is 0 Å². The molecule has 0 bridgehead atoms. The van der Waals surface area contributed by atoms with Crippen LogP contribution in [0.4, 0.5) is 17.2 Å². The van der Waals surface area contributed by atoms with Gasteiger partial charge in [0.2, 0.25) is 11.8 Å². The van der Waals surface area contributed by atoms with Gasteiger partial charge in [0.1, 0.15) is 6.54 Å². The SMILES string of the molecule is Cc1cc(NC(=O)CN2C(=O)C3CCCC3=Nc3ccccc32)n[nH]1. The van der Waals surface area contributed by atoms with E-state index in [0.717, 1.165) is 36.4 Å². The molecule has 0 radical (unpaired) electrons. The number of rotatable bonds is 3. The number of benzene rings is 1. The van der Waals surface area contributed by atoms with E-state index in [1.165, 1.54) is 0 Å². The van der Waals surface area contributed by atoms with Crippen molar-refractivity contribution in [2.45, 2.75) is 26.2 Å². The van der Waals surface area contributed by atoms with E-state index >= 15 is 0 Å². The van der Waals surface area contributed by atoms with Crippen LogP contribution in [0.1, 0.15) is 25.0 Å². The van der Waals surface area contributed by atoms with Gasteiger partial charge in [0.15, 0.2) is 5.82 Å². The number of fused-ring (bicyclic) bond motifs is 2. The van der Waals surface area contributed by atoms with Gasteiger partial charge >= 0.3 is 0 Å². The predicted octanol–water partition coefficient (Wildman–Crippen LogP) is 2.58. The van der Waals surface area contributed by atoms with Gasteiger partial charge in [0, 0.05) is 17.5 Å². The van der Waals surface area contributed by atoms with Gasteiger partial charge in [-0.3, -0.25) is 19.7 Å². The predicted molar refractivity (Wildman–Crippen MR) is 95.2 cm³/mol. The van der Waals surface area contributed by atoms with E-state index < -0.39 is 0 Å². The van der Waals surface area contributed by atoms with Crippen LogP contribution in [0.25, 0.3) is 0 Å². The molecule has 1 aliphatic heterocycles. The van der Waals surface area contributed by atoms with Crippen molar-refractivity contribution in [2.75, 3.05) is 16.8 Å². The summed E-state index contributed by atoms with van der Waals surface area (Å²) in [6, 6.07) is 9.22. The first-order valence-corrected chi connectivity index (χ1v) is 8.41. The van der Waals surface area contributed by atoms with Gasteiger partial charge < -0.3 is 10.2 Å². The van der Waals surface area contributed by atoms with E-state index in [9.17, 15) is 9.59 Å². The number of hydrogen-bond donors (Lipinski definition) is 2. The highest BCUT2D eigenvalue weighted by molar-refractivity contribution is 6.16. The Hall–Kier alpha value is -2.96. The molecule has 2 amide bonds. The molecule has 2 N–H and O–H groups in total. The molecule has 4 rings (SSSR count). The quantitative estimate of drug-likeness (QED) is 0.902. The smallest absolute Gasteiger partial charge is 0.245 e. The number of aryl methyl sites for hydroxylation is 1. The first-order valence-electron chi connectivity index (χ1n) is 8.41. The lowest BCUT2D eigenvalue weighted by Gasteiger charge is -2.24. The second kappa shape index (κ2) is 6.16. The topological polar surface area (TPSA) is 90.4 Å². The molecule has 1 aromatic carbocycles. The lowest BCUT2D eigenvalue weighted by atomic mass is 10.1. The number of aliphatic imine (C=N–C) groups is 1. The van der Waals surface area contributed by atoms with Crippen LogP contribution in [0.15, 0.2) is 35.3 Å². The summed E-state index contributed by atoms with van der Waals surface area (Å²) in [6.45, 7) is 1.80. The Kier molecular flexibility index (Phi) is 3.83. The maximum Gasteiger partial charge on any atom is 0.245 e. The molecule has 1 aromatic heterocycles. The van der Waals surface area contributed by atoms with Crippen LogP contribution < -0.4 is 10.2 Å². The summed E-state index contributed by atoms with van der Waals surface area (Å²) in [6.07, 6.45) is 2.60. The van der Waals surface area contributed by atoms with Crippen molar-refractivity contribution in [3.8, 4) is 0 Å². The average molecular weight is 337 g/mol. The second-order valence-electron chi connectivity index (χ2n) is 6.45. The molecule has 7 heteroatoms. The van der Waals surface area contributed by atoms with Crippen molar-refractivity contribution < 1.29 is 9.59 Å². The summed E-state index contributed by atoms with van der Waals surface area (Å²) in [5, 5.41) is 9.51. The Balaban J connectivity index is 1.62. The normalized spacial score (nSPS) is 19.1. The standard InChI is InChI=1S/C18H19N5O2/c1-11-9-16(22-21-11)20-17(24)10-23-15-8-3-2-6-14(15)19-13-7-4-5-12(13)18(23)25/h2-3,6,8-9,12H,4-5,7,10H2,1H3,(H2,20,21,22,24). The van der Waals surface area contributed by atoms with Crippen molar-refractivity contribution in [3.05, 3.63) is 36.0 Å². The van der Waals surface area contributed by atoms with Gasteiger partial charge in [0.05, 0.1) is 17.3 Å². The number of hydrogen-bond acceptors (Lipinski definition) is 4. The first kappa shape index (κ1) is 15.6. The summed E-state index contributed by atoms with van der Waals surface area (Å²) in [7, 11) is 0. The molecular weight excluding hydrogens is 318 g/mol. The van der Waals surface area contributed by atoms with Crippen molar-refractivity contribution in [2.24, 2.45) is 10.9 Å². The van der Waals surface area contributed by atoms with Crippen LogP contribution in [-0.2, 0) is 9.59 Å². The fourth-order valence-corrected chi connectivity index (χ4v) is 3.45. The summed E-state index contributed by atoms with van der Waals surface area (Å²) >= 11 is 0. The minimum absolute atomic E-state index is 0.0467. The van der Waals surface area contributed by atoms with Gasteiger partial charge in [-0.2, -0.15) is 5.10 Å². The molecule has 1 fully saturated rings. The van der Waals surface area contributed by atoms with E-state index in [4.69, 9.17) is 4.99 Å². The number of carbonyl (C=O) groups excluding carboxylic acids is 2. The van der Waals surface area contributed by atoms with Crippen LogP contribution in [0.5, 0.6) is 0 Å². The number of para-hydroxylation sites is 2. The van der Waals surface area contributed by atoms with Gasteiger partial charge in [-0.05, 0) is 38.3 Å². The number of nitrogens with one attached hydrogen (secondary N) is 2. The largest absolute Gasteiger partial charge is 0.308 e. The summed E-state index contributed by atoms with van der Waals surface area (Å²) < 4.78 is 0. The van der Waals surface area contributed by atoms with Crippen molar-refractivity contribution in [1.82, 2.24) is 10.2 Å². The molecule has 1 aliphatic carbocycles. The highest BCUT2D eigenvalue weighted by Gasteiger charge is 2.37. The monoisotopic (exact) mass is 337 g/mol. The molecule has 1 saturated carbocycles. The highest BCUT2D eigenvalue weighted by Crippen LogP contribution is 2.37. The molecule has 25 heavy (non-hydrogen) atoms. The molecule has 128 valence electrons. The lowest BCUT2D eigenvalue weighted by Crippen LogP contribution is -2.41. The molecule has 1 atom stereocenters. The van der Waals surface area contributed by atoms with Crippen molar-refractivity contribution in [3.63, 3.8) is 0 Å². The molecule has 2 heterocycles. The zero-order valence-corrected chi connectivity index (χ0v) is 14.0. The molecule has 2 aromatic rings. The number of carbonyl (C=O) groups is 2. The second-order valence-corrected chi connectivity index (χ2v) is 6.45. The van der Waals surface area contributed by atoms with Gasteiger partial charge in [-0.1, -0.05) is 12.1 Å². The third-order valence-electron chi connectivity index (χ3n) is 4.60. The van der Waals surface area contributed by atoms with Crippen LogP contribution in [0.2, 0.25) is 0 Å². The number of nitrogens with zero attached hydrogens (tertiary/aromatic N) is 3. The third-order valence-corrected chi connectivity index (χ3v) is 4.60. The number of aromatic nitrogens is 2. The highest BCUT2D eigenvalue weighted by atomic mass is 16.2. The van der Waals surface area contributed by atoms with E-state index in [-0.39, 0.29) is 24.3 Å². The van der Waals surface area contributed by atoms with E-state index in [0.29, 0.717) is 11.5 Å². The Bertz CT molecular complexity index is 870. The number of aromatic amines is 1. The minimum Gasteiger partial charge on any atom is -0.308 e.